The average Bonchev–Trinajstić information content (AvgIpc) is 2.97. The lowest BCUT2D eigenvalue weighted by Crippen LogP contribution is -2.29. The molecule has 0 radical (unpaired) electrons. The van der Waals surface area contributed by atoms with Crippen LogP contribution in [-0.2, 0) is 11.2 Å². The third-order valence-corrected chi connectivity index (χ3v) is 5.54. The van der Waals surface area contributed by atoms with Gasteiger partial charge in [-0.15, -0.1) is 6.58 Å². The minimum absolute atomic E-state index is 0.00655. The Balaban J connectivity index is 1.86. The number of fused-ring (bicyclic) bond motifs is 1. The highest BCUT2D eigenvalue weighted by Crippen LogP contribution is 2.49. The summed E-state index contributed by atoms with van der Waals surface area (Å²) in [7, 11) is 1.65. The van der Waals surface area contributed by atoms with Crippen LogP contribution < -0.4 is 9.47 Å². The molecule has 0 aromatic heterocycles. The fraction of sp³-hybridized carbons (Fsp3) is 0.435. The Morgan fingerprint density at radius 1 is 1.23 bits per heavy atom. The molecular formula is C23H28O3. The standard InChI is InChI=1S/C23H28O3/c1-6-17-13-18(23-19(24)9-7-15(4)22(17)23)11-16-8-10-20(25-5)21(12-16)26-14(2)3/h6-10,12,14,17-18,22-23H,1,4,11,13H2,2-3,5H3/t17-,18+,22-,23-/m1/s1. The third-order valence-electron chi connectivity index (χ3n) is 5.54. The van der Waals surface area contributed by atoms with Crippen LogP contribution in [0.15, 0.2) is 55.2 Å². The monoisotopic (exact) mass is 352 g/mol. The molecule has 0 heterocycles. The van der Waals surface area contributed by atoms with E-state index in [2.05, 4.69) is 19.2 Å². The summed E-state index contributed by atoms with van der Waals surface area (Å²) in [6, 6.07) is 6.07. The summed E-state index contributed by atoms with van der Waals surface area (Å²) >= 11 is 0. The van der Waals surface area contributed by atoms with E-state index in [0.29, 0.717) is 5.92 Å². The summed E-state index contributed by atoms with van der Waals surface area (Å²) in [4.78, 5) is 12.6. The molecule has 2 aliphatic rings. The predicted molar refractivity (Wildman–Crippen MR) is 105 cm³/mol. The lowest BCUT2D eigenvalue weighted by atomic mass is 9.75. The van der Waals surface area contributed by atoms with Crippen molar-refractivity contribution in [2.24, 2.45) is 23.7 Å². The fourth-order valence-electron chi connectivity index (χ4n) is 4.48. The van der Waals surface area contributed by atoms with E-state index in [9.17, 15) is 4.79 Å². The fourth-order valence-corrected chi connectivity index (χ4v) is 4.48. The number of rotatable bonds is 6. The van der Waals surface area contributed by atoms with Gasteiger partial charge in [0.15, 0.2) is 17.3 Å². The maximum Gasteiger partial charge on any atom is 0.161 e. The number of hydrogen-bond acceptors (Lipinski definition) is 3. The topological polar surface area (TPSA) is 35.5 Å². The van der Waals surface area contributed by atoms with Crippen molar-refractivity contribution < 1.29 is 14.3 Å². The van der Waals surface area contributed by atoms with Crippen LogP contribution in [0.4, 0.5) is 0 Å². The van der Waals surface area contributed by atoms with Crippen molar-refractivity contribution in [1.82, 2.24) is 0 Å². The molecule has 1 fully saturated rings. The zero-order chi connectivity index (χ0) is 18.8. The Bertz CT molecular complexity index is 744. The van der Waals surface area contributed by atoms with E-state index in [1.54, 1.807) is 13.2 Å². The molecule has 1 aromatic carbocycles. The van der Waals surface area contributed by atoms with Crippen LogP contribution in [0.1, 0.15) is 25.8 Å². The molecular weight excluding hydrogens is 324 g/mol. The second-order valence-corrected chi connectivity index (χ2v) is 7.61. The molecule has 0 amide bonds. The van der Waals surface area contributed by atoms with E-state index < -0.39 is 0 Å². The average molecular weight is 352 g/mol. The van der Waals surface area contributed by atoms with Gasteiger partial charge in [0.1, 0.15) is 0 Å². The SMILES string of the molecule is C=C[C@@H]1C[C@H](Cc2ccc(OC)c(OC(C)C)c2)[C@@H]2C(=O)C=CC(=C)[C@@H]21. The molecule has 3 heteroatoms. The summed E-state index contributed by atoms with van der Waals surface area (Å²) in [5.74, 6) is 2.53. The maximum absolute atomic E-state index is 12.6. The minimum atomic E-state index is 0.00655. The van der Waals surface area contributed by atoms with Gasteiger partial charge in [0.05, 0.1) is 13.2 Å². The van der Waals surface area contributed by atoms with Crippen molar-refractivity contribution in [3.63, 3.8) is 0 Å². The van der Waals surface area contributed by atoms with Crippen molar-refractivity contribution in [3.05, 3.63) is 60.7 Å². The van der Waals surface area contributed by atoms with Gasteiger partial charge in [-0.3, -0.25) is 4.79 Å². The Morgan fingerprint density at radius 2 is 2.00 bits per heavy atom. The van der Waals surface area contributed by atoms with E-state index in [4.69, 9.17) is 9.47 Å². The predicted octanol–water partition coefficient (Wildman–Crippen LogP) is 4.77. The first kappa shape index (κ1) is 18.5. The molecule has 4 atom stereocenters. The van der Waals surface area contributed by atoms with E-state index >= 15 is 0 Å². The van der Waals surface area contributed by atoms with Gasteiger partial charge >= 0.3 is 0 Å². The maximum atomic E-state index is 12.6. The molecule has 1 aromatic rings. The quantitative estimate of drug-likeness (QED) is 0.692. The Kier molecular flexibility index (Phi) is 5.36. The molecule has 0 bridgehead atoms. The first-order chi connectivity index (χ1) is 12.4. The van der Waals surface area contributed by atoms with Gasteiger partial charge in [-0.2, -0.15) is 0 Å². The van der Waals surface area contributed by atoms with Crippen LogP contribution in [0.25, 0.3) is 0 Å². The number of allylic oxidation sites excluding steroid dienone is 4. The van der Waals surface area contributed by atoms with Crippen molar-refractivity contribution in [1.29, 1.82) is 0 Å². The zero-order valence-electron chi connectivity index (χ0n) is 15.9. The Morgan fingerprint density at radius 3 is 2.65 bits per heavy atom. The molecule has 0 aliphatic heterocycles. The van der Waals surface area contributed by atoms with Gasteiger partial charge in [-0.05, 0) is 68.2 Å². The van der Waals surface area contributed by atoms with Crippen LogP contribution in [0, 0.1) is 23.7 Å². The molecule has 3 nitrogen and oxygen atoms in total. The minimum Gasteiger partial charge on any atom is -0.493 e. The van der Waals surface area contributed by atoms with Crippen molar-refractivity contribution in [2.45, 2.75) is 32.8 Å². The first-order valence-corrected chi connectivity index (χ1v) is 9.31. The summed E-state index contributed by atoms with van der Waals surface area (Å²) < 4.78 is 11.3. The largest absolute Gasteiger partial charge is 0.493 e. The van der Waals surface area contributed by atoms with Gasteiger partial charge in [0, 0.05) is 5.92 Å². The zero-order valence-corrected chi connectivity index (χ0v) is 15.9. The second-order valence-electron chi connectivity index (χ2n) is 7.61. The highest BCUT2D eigenvalue weighted by Gasteiger charge is 2.46. The normalized spacial score (nSPS) is 27.5. The van der Waals surface area contributed by atoms with Crippen LogP contribution in [0.2, 0.25) is 0 Å². The number of carbonyl (C=O) groups excluding carboxylic acids is 1. The Labute approximate surface area is 156 Å². The first-order valence-electron chi connectivity index (χ1n) is 9.31. The summed E-state index contributed by atoms with van der Waals surface area (Å²) in [5.41, 5.74) is 2.23. The highest BCUT2D eigenvalue weighted by atomic mass is 16.5. The van der Waals surface area contributed by atoms with Gasteiger partial charge in [-0.25, -0.2) is 0 Å². The van der Waals surface area contributed by atoms with Crippen LogP contribution in [0.3, 0.4) is 0 Å². The molecule has 0 saturated heterocycles. The lowest BCUT2D eigenvalue weighted by Gasteiger charge is -2.28. The molecule has 2 aliphatic carbocycles. The number of ether oxygens (including phenoxy) is 2. The third kappa shape index (κ3) is 3.48. The van der Waals surface area contributed by atoms with Gasteiger partial charge in [-0.1, -0.05) is 30.4 Å². The van der Waals surface area contributed by atoms with Gasteiger partial charge < -0.3 is 9.47 Å². The molecule has 138 valence electrons. The molecule has 3 rings (SSSR count). The van der Waals surface area contributed by atoms with Crippen LogP contribution in [-0.4, -0.2) is 19.0 Å². The number of methoxy groups -OCH3 is 1. The number of carbonyl (C=O) groups is 1. The number of ketones is 1. The molecule has 26 heavy (non-hydrogen) atoms. The highest BCUT2D eigenvalue weighted by molar-refractivity contribution is 5.94. The van der Waals surface area contributed by atoms with Gasteiger partial charge in [0.25, 0.3) is 0 Å². The summed E-state index contributed by atoms with van der Waals surface area (Å²) in [6.07, 6.45) is 7.46. The van der Waals surface area contributed by atoms with Gasteiger partial charge in [0.2, 0.25) is 0 Å². The molecule has 0 N–H and O–H groups in total. The van der Waals surface area contributed by atoms with Crippen molar-refractivity contribution in [2.75, 3.05) is 7.11 Å². The molecule has 1 saturated carbocycles. The van der Waals surface area contributed by atoms with Crippen molar-refractivity contribution >= 4 is 5.78 Å². The number of hydrogen-bond donors (Lipinski definition) is 0. The summed E-state index contributed by atoms with van der Waals surface area (Å²) in [5, 5.41) is 0. The molecule has 0 spiro atoms. The molecule has 0 unspecified atom stereocenters. The summed E-state index contributed by atoms with van der Waals surface area (Å²) in [6.45, 7) is 12.2. The number of benzene rings is 1. The lowest BCUT2D eigenvalue weighted by molar-refractivity contribution is -0.120. The van der Waals surface area contributed by atoms with Crippen molar-refractivity contribution in [3.8, 4) is 11.5 Å². The Hall–Kier alpha value is -2.29. The van der Waals surface area contributed by atoms with Crippen LogP contribution in [0.5, 0.6) is 11.5 Å². The van der Waals surface area contributed by atoms with E-state index in [0.717, 1.165) is 29.9 Å². The van der Waals surface area contributed by atoms with E-state index in [1.807, 2.05) is 38.1 Å². The van der Waals surface area contributed by atoms with Crippen LogP contribution >= 0.6 is 0 Å². The van der Waals surface area contributed by atoms with E-state index in [1.165, 1.54) is 5.56 Å². The van der Waals surface area contributed by atoms with E-state index in [-0.39, 0.29) is 29.6 Å². The smallest absolute Gasteiger partial charge is 0.161 e. The second kappa shape index (κ2) is 7.53.